The second-order valence-electron chi connectivity index (χ2n) is 6.64. The lowest BCUT2D eigenvalue weighted by Crippen LogP contribution is -2.55. The number of carbonyl (C=O) groups is 1. The van der Waals surface area contributed by atoms with Crippen molar-refractivity contribution in [1.82, 2.24) is 20.0 Å². The van der Waals surface area contributed by atoms with Crippen LogP contribution in [0.3, 0.4) is 0 Å². The molecule has 0 fully saturated rings. The first-order valence-electron chi connectivity index (χ1n) is 8.73. The van der Waals surface area contributed by atoms with E-state index in [4.69, 9.17) is 23.2 Å². The van der Waals surface area contributed by atoms with Gasteiger partial charge in [0.25, 0.3) is 5.82 Å². The molecule has 0 spiro atoms. The van der Waals surface area contributed by atoms with Gasteiger partial charge in [-0.3, -0.25) is 5.43 Å². The van der Waals surface area contributed by atoms with Crippen molar-refractivity contribution in [2.24, 2.45) is 0 Å². The number of amides is 2. The van der Waals surface area contributed by atoms with E-state index in [1.165, 1.54) is 23.4 Å². The highest BCUT2D eigenvalue weighted by Crippen LogP contribution is 2.18. The fourth-order valence-corrected chi connectivity index (χ4v) is 3.51. The topological polar surface area (TPSA) is 82.0 Å². The van der Waals surface area contributed by atoms with Crippen LogP contribution in [-0.2, 0) is 0 Å². The molecule has 2 aromatic rings. The number of fused-ring (bicyclic) bond motifs is 1. The van der Waals surface area contributed by atoms with Crippen LogP contribution in [0.25, 0.3) is 5.70 Å². The Morgan fingerprint density at radius 1 is 1.25 bits per heavy atom. The van der Waals surface area contributed by atoms with Gasteiger partial charge in [0.1, 0.15) is 27.8 Å². The number of anilines is 2. The number of urea groups is 1. The van der Waals surface area contributed by atoms with Crippen LogP contribution in [0.1, 0.15) is 32.3 Å². The third-order valence-electron chi connectivity index (χ3n) is 4.31. The summed E-state index contributed by atoms with van der Waals surface area (Å²) in [6.45, 7) is 10.8. The SMILES string of the molecule is C=CC[N+]1=c2nc(NNC(=O)Nc3cc(Cl)nc(Cl)c3)cc(C(C)C)c2=C1C. The average Bonchev–Trinajstić information content (AvgIpc) is 2.62. The molecular weight excluding hydrogens is 399 g/mol. The first-order valence-corrected chi connectivity index (χ1v) is 9.49. The quantitative estimate of drug-likeness (QED) is 0.291. The summed E-state index contributed by atoms with van der Waals surface area (Å²) in [5, 5.41) is 4.17. The molecule has 0 aliphatic carbocycles. The van der Waals surface area contributed by atoms with Crippen LogP contribution in [0.4, 0.5) is 16.3 Å². The maximum absolute atomic E-state index is 12.2. The van der Waals surface area contributed by atoms with E-state index in [1.54, 1.807) is 0 Å². The maximum atomic E-state index is 12.2. The lowest BCUT2D eigenvalue weighted by Gasteiger charge is -2.16. The number of nitrogens with zero attached hydrogens (tertiary/aromatic N) is 3. The second kappa shape index (κ2) is 8.16. The Bertz CT molecular complexity index is 1060. The van der Waals surface area contributed by atoms with E-state index in [0.717, 1.165) is 10.7 Å². The van der Waals surface area contributed by atoms with E-state index in [1.807, 2.05) is 12.1 Å². The predicted octanol–water partition coefficient (Wildman–Crippen LogP) is 2.87. The van der Waals surface area contributed by atoms with Gasteiger partial charge in [0.2, 0.25) is 0 Å². The van der Waals surface area contributed by atoms with Crippen molar-refractivity contribution in [1.29, 1.82) is 0 Å². The summed E-state index contributed by atoms with van der Waals surface area (Å²) in [6.07, 6.45) is 1.83. The summed E-state index contributed by atoms with van der Waals surface area (Å²) >= 11 is 11.7. The van der Waals surface area contributed by atoms with Gasteiger partial charge in [-0.2, -0.15) is 0 Å². The third kappa shape index (κ3) is 4.10. The Morgan fingerprint density at radius 3 is 2.54 bits per heavy atom. The molecule has 3 heterocycles. The molecule has 7 nitrogen and oxygen atoms in total. The van der Waals surface area contributed by atoms with Crippen molar-refractivity contribution >= 4 is 46.4 Å². The van der Waals surface area contributed by atoms with Crippen molar-refractivity contribution in [3.8, 4) is 0 Å². The Hall–Kier alpha value is -2.64. The molecule has 146 valence electrons. The molecule has 9 heteroatoms. The summed E-state index contributed by atoms with van der Waals surface area (Å²) in [4.78, 5) is 20.6. The lowest BCUT2D eigenvalue weighted by atomic mass is 9.99. The summed E-state index contributed by atoms with van der Waals surface area (Å²) in [7, 11) is 0. The van der Waals surface area contributed by atoms with Crippen molar-refractivity contribution < 1.29 is 4.79 Å². The van der Waals surface area contributed by atoms with Crippen molar-refractivity contribution in [2.75, 3.05) is 17.3 Å². The molecule has 2 aromatic heterocycles. The number of pyridine rings is 2. The van der Waals surface area contributed by atoms with E-state index in [9.17, 15) is 4.79 Å². The summed E-state index contributed by atoms with van der Waals surface area (Å²) in [6, 6.07) is 4.45. The first kappa shape index (κ1) is 20.1. The molecular formula is C19H21Cl2N6O+. The highest BCUT2D eigenvalue weighted by molar-refractivity contribution is 6.32. The Balaban J connectivity index is 1.79. The number of halogens is 2. The molecule has 0 radical (unpaired) electrons. The largest absolute Gasteiger partial charge is 0.337 e. The van der Waals surface area contributed by atoms with E-state index < -0.39 is 6.03 Å². The van der Waals surface area contributed by atoms with Crippen LogP contribution in [-0.4, -0.2) is 22.5 Å². The van der Waals surface area contributed by atoms with Gasteiger partial charge < -0.3 is 5.32 Å². The molecule has 0 saturated carbocycles. The van der Waals surface area contributed by atoms with Crippen LogP contribution in [0.5, 0.6) is 0 Å². The highest BCUT2D eigenvalue weighted by Gasteiger charge is 2.26. The summed E-state index contributed by atoms with van der Waals surface area (Å²) < 4.78 is 2.08. The first-order chi connectivity index (χ1) is 13.3. The van der Waals surface area contributed by atoms with E-state index >= 15 is 0 Å². The zero-order chi connectivity index (χ0) is 20.4. The molecule has 0 bridgehead atoms. The van der Waals surface area contributed by atoms with E-state index in [2.05, 4.69) is 58.1 Å². The van der Waals surface area contributed by atoms with Gasteiger partial charge in [-0.05, 0) is 35.5 Å². The van der Waals surface area contributed by atoms with Crippen LogP contribution < -0.4 is 31.5 Å². The number of hydrogen-bond donors (Lipinski definition) is 3. The molecule has 0 aromatic carbocycles. The number of aromatic nitrogens is 2. The van der Waals surface area contributed by atoms with Gasteiger partial charge in [0.15, 0.2) is 0 Å². The predicted molar refractivity (Wildman–Crippen MR) is 113 cm³/mol. The normalized spacial score (nSPS) is 12.4. The summed E-state index contributed by atoms with van der Waals surface area (Å²) in [5.74, 6) is 0.859. The van der Waals surface area contributed by atoms with Gasteiger partial charge in [-0.1, -0.05) is 49.7 Å². The van der Waals surface area contributed by atoms with Crippen molar-refractivity contribution in [3.63, 3.8) is 0 Å². The van der Waals surface area contributed by atoms with E-state index in [0.29, 0.717) is 24.0 Å². The average molecular weight is 420 g/mol. The number of hydrazine groups is 1. The zero-order valence-corrected chi connectivity index (χ0v) is 17.3. The number of carbonyl (C=O) groups excluding carboxylic acids is 1. The Morgan fingerprint density at radius 2 is 1.93 bits per heavy atom. The third-order valence-corrected chi connectivity index (χ3v) is 4.70. The Labute approximate surface area is 172 Å². The summed E-state index contributed by atoms with van der Waals surface area (Å²) in [5.41, 5.74) is 9.07. The van der Waals surface area contributed by atoms with Crippen molar-refractivity contribution in [3.05, 3.63) is 57.4 Å². The fourth-order valence-electron chi connectivity index (χ4n) is 3.05. The molecule has 0 saturated heterocycles. The Kier molecular flexibility index (Phi) is 5.86. The minimum atomic E-state index is -0.486. The van der Waals surface area contributed by atoms with Crippen LogP contribution in [0, 0.1) is 0 Å². The second-order valence-corrected chi connectivity index (χ2v) is 7.41. The molecule has 1 aliphatic heterocycles. The van der Waals surface area contributed by atoms with Gasteiger partial charge in [0, 0.05) is 11.8 Å². The standard InChI is InChI=1S/C19H20Cl2N6O/c1-5-6-27-11(4)17-13(10(2)3)9-16(24-18(17)27)25-26-19(28)22-12-7-14(20)23-15(21)8-12/h5,7-10H,1,6H2,2-4H3,(H2,22,23,26,28)/p+1. The van der Waals surface area contributed by atoms with Gasteiger partial charge in [-0.25, -0.2) is 19.8 Å². The number of nitrogens with one attached hydrogen (secondary N) is 3. The lowest BCUT2D eigenvalue weighted by molar-refractivity contribution is 0.254. The monoisotopic (exact) mass is 419 g/mol. The molecule has 0 unspecified atom stereocenters. The van der Waals surface area contributed by atoms with Gasteiger partial charge in [0.05, 0.1) is 0 Å². The molecule has 2 amide bonds. The van der Waals surface area contributed by atoms with Crippen LogP contribution in [0.15, 0.2) is 30.9 Å². The molecule has 3 N–H and O–H groups in total. The smallest absolute Gasteiger partial charge is 0.306 e. The van der Waals surface area contributed by atoms with Gasteiger partial charge in [-0.15, -0.1) is 0 Å². The minimum absolute atomic E-state index is 0.190. The van der Waals surface area contributed by atoms with E-state index in [-0.39, 0.29) is 10.3 Å². The van der Waals surface area contributed by atoms with Crippen LogP contribution >= 0.6 is 23.2 Å². The van der Waals surface area contributed by atoms with Crippen LogP contribution in [0.2, 0.25) is 10.3 Å². The highest BCUT2D eigenvalue weighted by atomic mass is 35.5. The molecule has 3 rings (SSSR count). The molecule has 1 aliphatic rings. The van der Waals surface area contributed by atoms with Crippen molar-refractivity contribution in [2.45, 2.75) is 26.7 Å². The maximum Gasteiger partial charge on any atom is 0.337 e. The number of rotatable bonds is 6. The number of hydrogen-bond acceptors (Lipinski definition) is 4. The zero-order valence-electron chi connectivity index (χ0n) is 15.8. The minimum Gasteiger partial charge on any atom is -0.306 e. The molecule has 28 heavy (non-hydrogen) atoms. The molecule has 0 atom stereocenters. The van der Waals surface area contributed by atoms with Gasteiger partial charge >= 0.3 is 11.5 Å². The fraction of sp³-hybridized carbons (Fsp3) is 0.263.